The molecule has 0 saturated carbocycles. The van der Waals surface area contributed by atoms with Gasteiger partial charge in [0.1, 0.15) is 5.75 Å². The first-order valence-electron chi connectivity index (χ1n) is 3.97. The molecule has 0 aliphatic rings. The highest BCUT2D eigenvalue weighted by molar-refractivity contribution is 5.36. The summed E-state index contributed by atoms with van der Waals surface area (Å²) in [4.78, 5) is 2.98. The van der Waals surface area contributed by atoms with Gasteiger partial charge in [0.15, 0.2) is 5.69 Å². The molecule has 1 aromatic rings. The fourth-order valence-electron chi connectivity index (χ4n) is 1.08. The molecule has 8 heteroatoms. The second-order valence-corrected chi connectivity index (χ2v) is 2.67. The van der Waals surface area contributed by atoms with Crippen LogP contribution < -0.4 is 4.74 Å². The number of hydrogen-bond donors (Lipinski definition) is 1. The van der Waals surface area contributed by atoms with E-state index in [2.05, 4.69) is 9.72 Å². The Morgan fingerprint density at radius 3 is 2.44 bits per heavy atom. The maximum absolute atomic E-state index is 12.3. The number of pyridine rings is 1. The van der Waals surface area contributed by atoms with Crippen LogP contribution in [0.15, 0.2) is 12.3 Å². The van der Waals surface area contributed by atoms with E-state index in [0.29, 0.717) is 6.20 Å². The van der Waals surface area contributed by atoms with Gasteiger partial charge in [0.2, 0.25) is 0 Å². The second-order valence-electron chi connectivity index (χ2n) is 2.67. The van der Waals surface area contributed by atoms with E-state index in [0.717, 1.165) is 6.07 Å². The molecule has 0 atom stereocenters. The highest BCUT2D eigenvalue weighted by Crippen LogP contribution is 2.34. The van der Waals surface area contributed by atoms with E-state index in [4.69, 9.17) is 5.11 Å². The Morgan fingerprint density at radius 2 is 2.00 bits per heavy atom. The molecule has 0 fully saturated rings. The quantitative estimate of drug-likeness (QED) is 0.827. The van der Waals surface area contributed by atoms with E-state index in [1.165, 1.54) is 0 Å². The van der Waals surface area contributed by atoms with E-state index in [9.17, 15) is 22.0 Å². The van der Waals surface area contributed by atoms with Crippen LogP contribution in [0.2, 0.25) is 0 Å². The largest absolute Gasteiger partial charge is 0.434 e. The summed E-state index contributed by atoms with van der Waals surface area (Å²) in [5, 5.41) is 8.71. The first-order chi connectivity index (χ1) is 7.36. The third-order valence-corrected chi connectivity index (χ3v) is 1.66. The molecule has 0 spiro atoms. The summed E-state index contributed by atoms with van der Waals surface area (Å²) in [6.45, 7) is -4.36. The summed E-state index contributed by atoms with van der Waals surface area (Å²) in [5.41, 5.74) is -2.25. The molecule has 1 heterocycles. The zero-order chi connectivity index (χ0) is 12.3. The number of aliphatic hydroxyl groups is 1. The van der Waals surface area contributed by atoms with Gasteiger partial charge in [-0.05, 0) is 6.07 Å². The van der Waals surface area contributed by atoms with Gasteiger partial charge in [-0.1, -0.05) is 0 Å². The summed E-state index contributed by atoms with van der Waals surface area (Å²) < 4.78 is 64.6. The van der Waals surface area contributed by atoms with Crippen LogP contribution >= 0.6 is 0 Å². The number of nitrogens with zero attached hydrogens (tertiary/aromatic N) is 1. The van der Waals surface area contributed by atoms with E-state index in [1.54, 1.807) is 0 Å². The predicted octanol–water partition coefficient (Wildman–Crippen LogP) is 2.19. The van der Waals surface area contributed by atoms with Crippen LogP contribution in [-0.4, -0.2) is 16.7 Å². The maximum Gasteiger partial charge on any atom is 0.433 e. The molecule has 0 aliphatic heterocycles. The third kappa shape index (κ3) is 2.78. The minimum absolute atomic E-state index is 0.680. The molecule has 90 valence electrons. The van der Waals surface area contributed by atoms with E-state index in [-0.39, 0.29) is 0 Å². The van der Waals surface area contributed by atoms with Gasteiger partial charge in [0, 0.05) is 6.20 Å². The monoisotopic (exact) mass is 243 g/mol. The van der Waals surface area contributed by atoms with Crippen LogP contribution in [0.4, 0.5) is 22.0 Å². The lowest BCUT2D eigenvalue weighted by Gasteiger charge is -2.14. The summed E-state index contributed by atoms with van der Waals surface area (Å²) >= 11 is 0. The number of rotatable bonds is 3. The van der Waals surface area contributed by atoms with Gasteiger partial charge in [-0.25, -0.2) is 0 Å². The molecular formula is C8H6F5NO2. The van der Waals surface area contributed by atoms with Crippen molar-refractivity contribution in [2.75, 3.05) is 0 Å². The van der Waals surface area contributed by atoms with Crippen molar-refractivity contribution in [3.05, 3.63) is 23.5 Å². The molecule has 0 radical (unpaired) electrons. The average Bonchev–Trinajstić information content (AvgIpc) is 2.15. The number of ether oxygens (including phenoxy) is 1. The van der Waals surface area contributed by atoms with Gasteiger partial charge in [0.25, 0.3) is 0 Å². The zero-order valence-corrected chi connectivity index (χ0v) is 7.63. The van der Waals surface area contributed by atoms with Gasteiger partial charge < -0.3 is 9.84 Å². The van der Waals surface area contributed by atoms with Crippen LogP contribution in [-0.2, 0) is 12.8 Å². The maximum atomic E-state index is 12.3. The number of aromatic nitrogens is 1. The highest BCUT2D eigenvalue weighted by Gasteiger charge is 2.36. The molecular weight excluding hydrogens is 237 g/mol. The van der Waals surface area contributed by atoms with Crippen LogP contribution in [0, 0.1) is 0 Å². The standard InChI is InChI=1S/C8H6F5NO2/c9-7(10)16-5-1-2-14-6(4(5)3-15)8(11,12)13/h1-2,7,15H,3H2. The number of aliphatic hydroxyl groups excluding tert-OH is 1. The van der Waals surface area contributed by atoms with Crippen LogP contribution in [0.1, 0.15) is 11.3 Å². The minimum Gasteiger partial charge on any atom is -0.434 e. The lowest BCUT2D eigenvalue weighted by atomic mass is 10.2. The van der Waals surface area contributed by atoms with Crippen molar-refractivity contribution in [1.29, 1.82) is 0 Å². The molecule has 1 rings (SSSR count). The second kappa shape index (κ2) is 4.60. The Balaban J connectivity index is 3.21. The Bertz CT molecular complexity index is 366. The van der Waals surface area contributed by atoms with Crippen molar-refractivity contribution >= 4 is 0 Å². The molecule has 1 N–H and O–H groups in total. The normalized spacial score (nSPS) is 11.9. The van der Waals surface area contributed by atoms with Crippen LogP contribution in [0.25, 0.3) is 0 Å². The number of alkyl halides is 5. The average molecular weight is 243 g/mol. The summed E-state index contributed by atoms with van der Waals surface area (Å²) in [5.74, 6) is -0.736. The zero-order valence-electron chi connectivity index (χ0n) is 7.63. The smallest absolute Gasteiger partial charge is 0.433 e. The number of halogens is 5. The van der Waals surface area contributed by atoms with Crippen LogP contribution in [0.3, 0.4) is 0 Å². The molecule has 0 bridgehead atoms. The SMILES string of the molecule is OCc1c(OC(F)F)ccnc1C(F)(F)F. The van der Waals surface area contributed by atoms with Gasteiger partial charge >= 0.3 is 12.8 Å². The van der Waals surface area contributed by atoms with E-state index in [1.807, 2.05) is 0 Å². The molecule has 1 aromatic heterocycles. The predicted molar refractivity (Wildman–Crippen MR) is 41.8 cm³/mol. The van der Waals surface area contributed by atoms with Crippen molar-refractivity contribution in [3.8, 4) is 5.75 Å². The molecule has 0 saturated heterocycles. The highest BCUT2D eigenvalue weighted by atomic mass is 19.4. The molecule has 16 heavy (non-hydrogen) atoms. The van der Waals surface area contributed by atoms with Gasteiger partial charge in [0.05, 0.1) is 12.2 Å². The molecule has 0 aliphatic carbocycles. The van der Waals surface area contributed by atoms with Crippen molar-refractivity contribution in [1.82, 2.24) is 4.98 Å². The molecule has 0 unspecified atom stereocenters. The van der Waals surface area contributed by atoms with Gasteiger partial charge in [-0.3, -0.25) is 4.98 Å². The van der Waals surface area contributed by atoms with Gasteiger partial charge in [-0.2, -0.15) is 22.0 Å². The Morgan fingerprint density at radius 1 is 1.38 bits per heavy atom. The number of hydrogen-bond acceptors (Lipinski definition) is 3. The minimum atomic E-state index is -4.83. The van der Waals surface area contributed by atoms with Crippen molar-refractivity contribution in [2.45, 2.75) is 19.4 Å². The summed E-state index contributed by atoms with van der Waals surface area (Å²) in [7, 11) is 0. The fourth-order valence-corrected chi connectivity index (χ4v) is 1.08. The van der Waals surface area contributed by atoms with Crippen molar-refractivity contribution in [2.24, 2.45) is 0 Å². The van der Waals surface area contributed by atoms with E-state index < -0.39 is 36.4 Å². The van der Waals surface area contributed by atoms with Crippen molar-refractivity contribution < 1.29 is 31.8 Å². The van der Waals surface area contributed by atoms with E-state index >= 15 is 0 Å². The summed E-state index contributed by atoms with van der Waals surface area (Å²) in [6.07, 6.45) is -4.15. The first kappa shape index (κ1) is 12.6. The topological polar surface area (TPSA) is 42.4 Å². The van der Waals surface area contributed by atoms with Crippen molar-refractivity contribution in [3.63, 3.8) is 0 Å². The molecule has 0 aromatic carbocycles. The Labute approximate surface area is 86.5 Å². The Kier molecular flexibility index (Phi) is 3.63. The fraction of sp³-hybridized carbons (Fsp3) is 0.375. The third-order valence-electron chi connectivity index (χ3n) is 1.66. The Hall–Kier alpha value is -1.44. The lowest BCUT2D eigenvalue weighted by Crippen LogP contribution is -2.14. The van der Waals surface area contributed by atoms with Gasteiger partial charge in [-0.15, -0.1) is 0 Å². The lowest BCUT2D eigenvalue weighted by molar-refractivity contribution is -0.142. The first-order valence-corrected chi connectivity index (χ1v) is 3.97. The molecule has 3 nitrogen and oxygen atoms in total. The van der Waals surface area contributed by atoms with Crippen LogP contribution in [0.5, 0.6) is 5.75 Å². The molecule has 0 amide bonds. The summed E-state index contributed by atoms with van der Waals surface area (Å²) in [6, 6.07) is 0.826.